The molecule has 3 rings (SSSR count). The fraction of sp³-hybridized carbons (Fsp3) is 0.368. The number of unbranched alkanes of at least 4 members (excludes halogenated alkanes) is 4. The predicted molar refractivity (Wildman–Crippen MR) is 98.2 cm³/mol. The second-order valence-corrected chi connectivity index (χ2v) is 6.14. The van der Waals surface area contributed by atoms with Gasteiger partial charge in [0.1, 0.15) is 0 Å². The summed E-state index contributed by atoms with van der Waals surface area (Å²) in [7, 11) is 0. The van der Waals surface area contributed by atoms with Crippen LogP contribution in [-0.4, -0.2) is 25.5 Å². The van der Waals surface area contributed by atoms with Crippen molar-refractivity contribution in [2.45, 2.75) is 45.4 Å². The van der Waals surface area contributed by atoms with Gasteiger partial charge in [-0.05, 0) is 18.6 Å². The molecule has 0 radical (unpaired) electrons. The largest absolute Gasteiger partial charge is 0.326 e. The lowest BCUT2D eigenvalue weighted by molar-refractivity contribution is -0.116. The molecule has 6 heteroatoms. The monoisotopic (exact) mass is 337 g/mol. The molecule has 3 aromatic rings. The standard InChI is InChI=1S/C19H23N5O/c1-2-3-4-5-6-10-18(25)21-16-9-7-8-15(13-16)17-14-24-12-11-20-23-19(24)22-17/h7-9,11-14H,2-6,10H2,1H3,(H,21,25). The molecular weight excluding hydrogens is 314 g/mol. The van der Waals surface area contributed by atoms with Crippen LogP contribution in [0.25, 0.3) is 17.0 Å². The number of carbonyl (C=O) groups is 1. The average Bonchev–Trinajstić information content (AvgIpc) is 3.06. The van der Waals surface area contributed by atoms with Gasteiger partial charge in [0, 0.05) is 30.1 Å². The Balaban J connectivity index is 1.62. The summed E-state index contributed by atoms with van der Waals surface area (Å²) in [4.78, 5) is 16.5. The Morgan fingerprint density at radius 3 is 2.92 bits per heavy atom. The lowest BCUT2D eigenvalue weighted by Gasteiger charge is -2.06. The van der Waals surface area contributed by atoms with Crippen LogP contribution in [0.2, 0.25) is 0 Å². The Labute approximate surface area is 147 Å². The number of benzene rings is 1. The highest BCUT2D eigenvalue weighted by Crippen LogP contribution is 2.22. The quantitative estimate of drug-likeness (QED) is 0.628. The molecule has 0 atom stereocenters. The number of anilines is 1. The van der Waals surface area contributed by atoms with Gasteiger partial charge in [0.05, 0.1) is 11.9 Å². The molecule has 0 spiro atoms. The van der Waals surface area contributed by atoms with Crippen molar-refractivity contribution in [1.82, 2.24) is 19.6 Å². The van der Waals surface area contributed by atoms with E-state index in [1.165, 1.54) is 19.3 Å². The van der Waals surface area contributed by atoms with Gasteiger partial charge in [0.2, 0.25) is 5.91 Å². The van der Waals surface area contributed by atoms with Crippen LogP contribution in [0.3, 0.4) is 0 Å². The van der Waals surface area contributed by atoms with Crippen molar-refractivity contribution >= 4 is 17.4 Å². The van der Waals surface area contributed by atoms with Crippen LogP contribution >= 0.6 is 0 Å². The number of hydrogen-bond donors (Lipinski definition) is 1. The maximum Gasteiger partial charge on any atom is 0.254 e. The van der Waals surface area contributed by atoms with Gasteiger partial charge in [0.25, 0.3) is 5.78 Å². The van der Waals surface area contributed by atoms with E-state index in [0.29, 0.717) is 12.2 Å². The van der Waals surface area contributed by atoms with E-state index < -0.39 is 0 Å². The number of rotatable bonds is 8. The van der Waals surface area contributed by atoms with E-state index in [4.69, 9.17) is 0 Å². The maximum atomic E-state index is 12.1. The van der Waals surface area contributed by atoms with Gasteiger partial charge in [-0.15, -0.1) is 5.10 Å². The molecular formula is C19H23N5O. The van der Waals surface area contributed by atoms with E-state index in [1.807, 2.05) is 41.1 Å². The van der Waals surface area contributed by atoms with Gasteiger partial charge in [-0.2, -0.15) is 5.10 Å². The van der Waals surface area contributed by atoms with Crippen LogP contribution < -0.4 is 5.32 Å². The zero-order chi connectivity index (χ0) is 17.5. The van der Waals surface area contributed by atoms with Gasteiger partial charge in [-0.3, -0.25) is 9.20 Å². The number of fused-ring (bicyclic) bond motifs is 1. The molecule has 6 nitrogen and oxygen atoms in total. The summed E-state index contributed by atoms with van der Waals surface area (Å²) in [6.07, 6.45) is 11.6. The Hall–Kier alpha value is -2.76. The van der Waals surface area contributed by atoms with Gasteiger partial charge < -0.3 is 5.32 Å². The summed E-state index contributed by atoms with van der Waals surface area (Å²) in [6, 6.07) is 7.72. The van der Waals surface area contributed by atoms with Crippen LogP contribution in [0.5, 0.6) is 0 Å². The van der Waals surface area contributed by atoms with Crippen LogP contribution in [0, 0.1) is 0 Å². The van der Waals surface area contributed by atoms with Crippen LogP contribution in [0.4, 0.5) is 5.69 Å². The van der Waals surface area contributed by atoms with Crippen molar-refractivity contribution in [3.05, 3.63) is 42.9 Å². The number of imidazole rings is 1. The Morgan fingerprint density at radius 2 is 2.08 bits per heavy atom. The molecule has 0 aliphatic rings. The van der Waals surface area contributed by atoms with E-state index in [0.717, 1.165) is 29.8 Å². The van der Waals surface area contributed by atoms with E-state index in [2.05, 4.69) is 27.4 Å². The molecule has 0 aliphatic carbocycles. The SMILES string of the molecule is CCCCCCCC(=O)Nc1cccc(-c2cn3ccnnc3n2)c1. The van der Waals surface area contributed by atoms with Crippen molar-refractivity contribution in [2.24, 2.45) is 0 Å². The van der Waals surface area contributed by atoms with Crippen molar-refractivity contribution in [2.75, 3.05) is 5.32 Å². The van der Waals surface area contributed by atoms with E-state index >= 15 is 0 Å². The molecule has 0 unspecified atom stereocenters. The van der Waals surface area contributed by atoms with Crippen LogP contribution in [0.1, 0.15) is 45.4 Å². The van der Waals surface area contributed by atoms with Crippen molar-refractivity contribution in [3.63, 3.8) is 0 Å². The third-order valence-corrected chi connectivity index (χ3v) is 4.10. The minimum absolute atomic E-state index is 0.0644. The lowest BCUT2D eigenvalue weighted by Crippen LogP contribution is -2.11. The highest BCUT2D eigenvalue weighted by atomic mass is 16.1. The van der Waals surface area contributed by atoms with Crippen LogP contribution in [0.15, 0.2) is 42.9 Å². The third kappa shape index (κ3) is 4.62. The number of amides is 1. The maximum absolute atomic E-state index is 12.1. The molecule has 2 heterocycles. The van der Waals surface area contributed by atoms with Gasteiger partial charge in [-0.1, -0.05) is 44.7 Å². The molecule has 0 saturated heterocycles. The molecule has 0 saturated carbocycles. The van der Waals surface area contributed by atoms with Gasteiger partial charge >= 0.3 is 0 Å². The number of carbonyl (C=O) groups excluding carboxylic acids is 1. The minimum Gasteiger partial charge on any atom is -0.326 e. The summed E-state index contributed by atoms with van der Waals surface area (Å²) in [5, 5.41) is 10.8. The van der Waals surface area contributed by atoms with Crippen molar-refractivity contribution in [1.29, 1.82) is 0 Å². The first-order valence-corrected chi connectivity index (χ1v) is 8.83. The molecule has 0 aliphatic heterocycles. The molecule has 25 heavy (non-hydrogen) atoms. The first-order valence-electron chi connectivity index (χ1n) is 8.83. The van der Waals surface area contributed by atoms with Crippen molar-refractivity contribution < 1.29 is 4.79 Å². The van der Waals surface area contributed by atoms with Gasteiger partial charge in [0.15, 0.2) is 0 Å². The number of aromatic nitrogens is 4. The first kappa shape index (κ1) is 17.1. The average molecular weight is 337 g/mol. The fourth-order valence-electron chi connectivity index (χ4n) is 2.76. The second kappa shape index (κ2) is 8.37. The highest BCUT2D eigenvalue weighted by molar-refractivity contribution is 5.91. The molecule has 1 N–H and O–H groups in total. The summed E-state index contributed by atoms with van der Waals surface area (Å²) < 4.78 is 1.82. The normalized spacial score (nSPS) is 10.9. The molecule has 1 aromatic carbocycles. The molecule has 0 fully saturated rings. The summed E-state index contributed by atoms with van der Waals surface area (Å²) in [5.74, 6) is 0.619. The summed E-state index contributed by atoms with van der Waals surface area (Å²) >= 11 is 0. The Kier molecular flexibility index (Phi) is 5.72. The smallest absolute Gasteiger partial charge is 0.254 e. The first-order chi connectivity index (χ1) is 12.3. The second-order valence-electron chi connectivity index (χ2n) is 6.14. The van der Waals surface area contributed by atoms with Crippen LogP contribution in [-0.2, 0) is 4.79 Å². The molecule has 2 aromatic heterocycles. The zero-order valence-electron chi connectivity index (χ0n) is 14.5. The van der Waals surface area contributed by atoms with Crippen molar-refractivity contribution in [3.8, 4) is 11.3 Å². The van der Waals surface area contributed by atoms with E-state index in [-0.39, 0.29) is 5.91 Å². The Morgan fingerprint density at radius 1 is 1.20 bits per heavy atom. The van der Waals surface area contributed by atoms with Gasteiger partial charge in [-0.25, -0.2) is 4.98 Å². The number of nitrogens with zero attached hydrogens (tertiary/aromatic N) is 4. The summed E-state index contributed by atoms with van der Waals surface area (Å²) in [5.41, 5.74) is 2.53. The molecule has 130 valence electrons. The number of nitrogens with one attached hydrogen (secondary N) is 1. The molecule has 0 bridgehead atoms. The highest BCUT2D eigenvalue weighted by Gasteiger charge is 2.07. The topological polar surface area (TPSA) is 72.2 Å². The Bertz CT molecular complexity index is 809. The van der Waals surface area contributed by atoms with E-state index in [9.17, 15) is 4.79 Å². The minimum atomic E-state index is 0.0644. The predicted octanol–water partition coefficient (Wildman–Crippen LogP) is 4.09. The summed E-state index contributed by atoms with van der Waals surface area (Å²) in [6.45, 7) is 2.19. The number of hydrogen-bond acceptors (Lipinski definition) is 4. The fourth-order valence-corrected chi connectivity index (χ4v) is 2.76. The third-order valence-electron chi connectivity index (χ3n) is 4.10. The van der Waals surface area contributed by atoms with E-state index in [1.54, 1.807) is 6.20 Å². The molecule has 1 amide bonds. The lowest BCUT2D eigenvalue weighted by atomic mass is 10.1. The zero-order valence-corrected chi connectivity index (χ0v) is 14.5.